The lowest BCUT2D eigenvalue weighted by molar-refractivity contribution is -0.0220. The van der Waals surface area contributed by atoms with Crippen LogP contribution < -0.4 is 5.32 Å². The van der Waals surface area contributed by atoms with Gasteiger partial charge in [0, 0.05) is 12.5 Å². The summed E-state index contributed by atoms with van der Waals surface area (Å²) in [5, 5.41) is 20.3. The summed E-state index contributed by atoms with van der Waals surface area (Å²) in [7, 11) is 3.55. The first kappa shape index (κ1) is 10.9. The zero-order valence-corrected chi connectivity index (χ0v) is 7.08. The Morgan fingerprint density at radius 2 is 2.09 bits per heavy atom. The van der Waals surface area contributed by atoms with Crippen molar-refractivity contribution >= 4 is 7.85 Å². The lowest BCUT2D eigenvalue weighted by Gasteiger charge is -2.18. The average molecular weight is 161 g/mol. The summed E-state index contributed by atoms with van der Waals surface area (Å²) < 4.78 is 5.23. The van der Waals surface area contributed by atoms with Crippen LogP contribution in [0, 0.1) is 0 Å². The Hall–Kier alpha value is -0.0951. The molecule has 0 aliphatic rings. The second-order valence-electron chi connectivity index (χ2n) is 2.49. The van der Waals surface area contributed by atoms with Gasteiger partial charge in [-0.2, -0.15) is 0 Å². The smallest absolute Gasteiger partial charge is 0.142 e. The molecule has 0 unspecified atom stereocenters. The molecule has 0 radical (unpaired) electrons. The van der Waals surface area contributed by atoms with Crippen molar-refractivity contribution in [2.24, 2.45) is 0 Å². The van der Waals surface area contributed by atoms with E-state index in [-0.39, 0.29) is 25.3 Å². The van der Waals surface area contributed by atoms with Gasteiger partial charge in [-0.15, -0.1) is 0 Å². The van der Waals surface area contributed by atoms with E-state index in [1.54, 1.807) is 14.9 Å². The normalized spacial score (nSPS) is 16.3. The van der Waals surface area contributed by atoms with E-state index in [9.17, 15) is 0 Å². The molecule has 0 fully saturated rings. The summed E-state index contributed by atoms with van der Waals surface area (Å²) in [6.07, 6.45) is -0.220. The van der Waals surface area contributed by atoms with Gasteiger partial charge in [-0.1, -0.05) is 0 Å². The summed E-state index contributed by atoms with van der Waals surface area (Å²) in [5.74, 6) is 0. The lowest BCUT2D eigenvalue weighted by atomic mass is 10.0. The molecule has 0 aromatic carbocycles. The molecule has 4 nitrogen and oxygen atoms in total. The summed E-state index contributed by atoms with van der Waals surface area (Å²) in [5.41, 5.74) is 0. The van der Waals surface area contributed by atoms with E-state index < -0.39 is 0 Å². The molecule has 0 bridgehead atoms. The minimum Gasteiger partial charge on any atom is -0.394 e. The van der Waals surface area contributed by atoms with Gasteiger partial charge in [0.05, 0.1) is 19.3 Å². The van der Waals surface area contributed by atoms with Gasteiger partial charge in [0.15, 0.2) is 0 Å². The maximum absolute atomic E-state index is 8.75. The van der Waals surface area contributed by atoms with Gasteiger partial charge in [0.1, 0.15) is 7.85 Å². The van der Waals surface area contributed by atoms with Gasteiger partial charge in [-0.25, -0.2) is 0 Å². The van der Waals surface area contributed by atoms with Crippen molar-refractivity contribution in [3.8, 4) is 0 Å². The van der Waals surface area contributed by atoms with Crippen LogP contribution in [0.3, 0.4) is 0 Å². The molecule has 0 aromatic rings. The van der Waals surface area contributed by atoms with Crippen LogP contribution in [0.1, 0.15) is 0 Å². The summed E-state index contributed by atoms with van der Waals surface area (Å²) in [6.45, 7) is 0.562. The number of hydrogen-bond acceptors (Lipinski definition) is 4. The molecule has 0 aliphatic heterocycles. The van der Waals surface area contributed by atoms with Gasteiger partial charge in [0.25, 0.3) is 0 Å². The molecule has 5 heteroatoms. The largest absolute Gasteiger partial charge is 0.394 e. The molecule has 3 N–H and O–H groups in total. The molecule has 0 saturated carbocycles. The topological polar surface area (TPSA) is 61.7 Å². The third kappa shape index (κ3) is 5.20. The number of likely N-dealkylation sites (N-methyl/N-ethyl adjacent to an activating group) is 1. The zero-order valence-electron chi connectivity index (χ0n) is 7.08. The highest BCUT2D eigenvalue weighted by atomic mass is 16.5. The Balaban J connectivity index is 3.49. The molecule has 0 aliphatic carbocycles. The van der Waals surface area contributed by atoms with Crippen LogP contribution in [0.15, 0.2) is 0 Å². The summed E-state index contributed by atoms with van der Waals surface area (Å²) in [4.78, 5) is 0. The van der Waals surface area contributed by atoms with Crippen molar-refractivity contribution in [2.75, 3.05) is 26.8 Å². The first-order valence-electron chi connectivity index (χ1n) is 3.76. The fraction of sp³-hybridized carbons (Fsp3) is 1.00. The van der Waals surface area contributed by atoms with Crippen molar-refractivity contribution in [1.82, 2.24) is 5.32 Å². The van der Waals surface area contributed by atoms with E-state index in [2.05, 4.69) is 5.32 Å². The monoisotopic (exact) mass is 161 g/mol. The molecule has 2 atom stereocenters. The van der Waals surface area contributed by atoms with Crippen molar-refractivity contribution < 1.29 is 14.9 Å². The van der Waals surface area contributed by atoms with Crippen molar-refractivity contribution in [2.45, 2.75) is 12.1 Å². The SMILES string of the molecule is B[C@@H](CO)O[C@@H](CO)CNC. The van der Waals surface area contributed by atoms with E-state index in [4.69, 9.17) is 14.9 Å². The summed E-state index contributed by atoms with van der Waals surface area (Å²) in [6, 6.07) is -0.208. The third-order valence-corrected chi connectivity index (χ3v) is 1.32. The van der Waals surface area contributed by atoms with Crippen molar-refractivity contribution in [3.63, 3.8) is 0 Å². The Morgan fingerprint density at radius 1 is 1.45 bits per heavy atom. The number of aliphatic hydroxyl groups is 2. The molecule has 0 heterocycles. The first-order valence-corrected chi connectivity index (χ1v) is 3.76. The molecule has 11 heavy (non-hydrogen) atoms. The van der Waals surface area contributed by atoms with E-state index in [1.807, 2.05) is 0 Å². The fourth-order valence-corrected chi connectivity index (χ4v) is 0.755. The predicted octanol–water partition coefficient (Wildman–Crippen LogP) is -2.47. The van der Waals surface area contributed by atoms with E-state index >= 15 is 0 Å². The van der Waals surface area contributed by atoms with Crippen LogP contribution in [0.5, 0.6) is 0 Å². The van der Waals surface area contributed by atoms with Crippen LogP contribution in [0.2, 0.25) is 0 Å². The molecule has 0 rings (SSSR count). The second kappa shape index (κ2) is 6.60. The van der Waals surface area contributed by atoms with E-state index in [0.29, 0.717) is 6.54 Å². The Morgan fingerprint density at radius 3 is 2.45 bits per heavy atom. The third-order valence-electron chi connectivity index (χ3n) is 1.32. The standard InChI is InChI=1S/C6H16BNO3/c1-8-2-5(3-9)11-6(7)4-10/h5-6,8-10H,2-4,7H2,1H3/t5-,6-/m1/s1. The molecular weight excluding hydrogens is 145 g/mol. The molecule has 0 spiro atoms. The van der Waals surface area contributed by atoms with Gasteiger partial charge in [0.2, 0.25) is 0 Å². The molecule has 0 aromatic heterocycles. The van der Waals surface area contributed by atoms with Crippen LogP contribution in [0.25, 0.3) is 0 Å². The van der Waals surface area contributed by atoms with Crippen LogP contribution >= 0.6 is 0 Å². The van der Waals surface area contributed by atoms with E-state index in [1.165, 1.54) is 0 Å². The van der Waals surface area contributed by atoms with Crippen molar-refractivity contribution in [3.05, 3.63) is 0 Å². The lowest BCUT2D eigenvalue weighted by Crippen LogP contribution is -2.35. The Kier molecular flexibility index (Phi) is 6.55. The average Bonchev–Trinajstić information content (AvgIpc) is 2.03. The zero-order chi connectivity index (χ0) is 8.69. The molecule has 0 saturated heterocycles. The maximum Gasteiger partial charge on any atom is 0.142 e. The minimum absolute atomic E-state index is 0.0137. The van der Waals surface area contributed by atoms with Gasteiger partial charge in [-0.05, 0) is 7.05 Å². The Labute approximate surface area is 68.0 Å². The van der Waals surface area contributed by atoms with Crippen LogP contribution in [-0.2, 0) is 4.74 Å². The summed E-state index contributed by atoms with van der Waals surface area (Å²) >= 11 is 0. The maximum atomic E-state index is 8.75. The predicted molar refractivity (Wildman–Crippen MR) is 45.3 cm³/mol. The second-order valence-corrected chi connectivity index (χ2v) is 2.49. The first-order chi connectivity index (χ1) is 5.24. The number of aliphatic hydroxyl groups excluding tert-OH is 2. The molecule has 0 amide bonds. The minimum atomic E-state index is -0.220. The van der Waals surface area contributed by atoms with E-state index in [0.717, 1.165) is 0 Å². The van der Waals surface area contributed by atoms with Gasteiger partial charge in [-0.3, -0.25) is 0 Å². The molecule has 66 valence electrons. The highest BCUT2D eigenvalue weighted by molar-refractivity contribution is 6.11. The highest BCUT2D eigenvalue weighted by Crippen LogP contribution is 1.93. The number of rotatable bonds is 6. The highest BCUT2D eigenvalue weighted by Gasteiger charge is 2.09. The molecular formula is C6H16BNO3. The number of hydrogen-bond donors (Lipinski definition) is 3. The number of ether oxygens (including phenoxy) is 1. The van der Waals surface area contributed by atoms with Gasteiger partial charge < -0.3 is 20.3 Å². The van der Waals surface area contributed by atoms with Crippen molar-refractivity contribution in [1.29, 1.82) is 0 Å². The number of nitrogens with one attached hydrogen (secondary N) is 1. The van der Waals surface area contributed by atoms with Crippen LogP contribution in [-0.4, -0.2) is 57.0 Å². The Bertz CT molecular complexity index is 93.9. The van der Waals surface area contributed by atoms with Crippen LogP contribution in [0.4, 0.5) is 0 Å². The fourth-order valence-electron chi connectivity index (χ4n) is 0.755. The quantitative estimate of drug-likeness (QED) is 0.378. The van der Waals surface area contributed by atoms with Gasteiger partial charge >= 0.3 is 0 Å².